The molecule has 2 aliphatic rings. The molecule has 1 aromatic rings. The van der Waals surface area contributed by atoms with E-state index in [4.69, 9.17) is 0 Å². The van der Waals surface area contributed by atoms with Crippen molar-refractivity contribution in [3.05, 3.63) is 41.2 Å². The number of carbonyl (C=O) groups excluding carboxylic acids is 1. The van der Waals surface area contributed by atoms with Gasteiger partial charge in [0, 0.05) is 5.69 Å². The molecule has 1 N–H and O–H groups in total. The van der Waals surface area contributed by atoms with Crippen LogP contribution in [-0.2, 0) is 30.5 Å². The number of fused-ring (bicyclic) bond motifs is 2. The molecule has 1 aromatic carbocycles. The summed E-state index contributed by atoms with van der Waals surface area (Å²) in [4.78, 5) is 11.9. The van der Waals surface area contributed by atoms with E-state index in [1.165, 1.54) is 47.9 Å². The summed E-state index contributed by atoms with van der Waals surface area (Å²) in [5.74, 6) is 0.543. The lowest BCUT2D eigenvalue weighted by Crippen LogP contribution is -2.19. The first kappa shape index (κ1) is 11.8. The molecule has 94 valence electrons. The Morgan fingerprint density at radius 2 is 1.67 bits per heavy atom. The smallest absolute Gasteiger partial charge is 0.231 e. The second-order valence-corrected chi connectivity index (χ2v) is 5.47. The third-order valence-electron chi connectivity index (χ3n) is 4.10. The van der Waals surface area contributed by atoms with Crippen molar-refractivity contribution in [2.45, 2.75) is 45.4 Å². The Hall–Kier alpha value is -1.31. The van der Waals surface area contributed by atoms with Gasteiger partial charge in [0.15, 0.2) is 0 Å². The number of hydrogen-bond donors (Lipinski definition) is 1. The van der Waals surface area contributed by atoms with Crippen LogP contribution in [-0.4, -0.2) is 5.91 Å². The van der Waals surface area contributed by atoms with Crippen molar-refractivity contribution in [1.82, 2.24) is 0 Å². The van der Waals surface area contributed by atoms with Crippen LogP contribution in [0.2, 0.25) is 0 Å². The van der Waals surface area contributed by atoms with Crippen LogP contribution in [0.5, 0.6) is 0 Å². The average molecular weight is 241 g/mol. The molecule has 0 bridgehead atoms. The molecule has 2 radical (unpaired) electrons. The molecule has 2 aliphatic carbocycles. The Morgan fingerprint density at radius 1 is 1.11 bits per heavy atom. The highest BCUT2D eigenvalue weighted by atomic mass is 16.1. The van der Waals surface area contributed by atoms with Crippen LogP contribution in [0.4, 0.5) is 5.69 Å². The fourth-order valence-corrected chi connectivity index (χ4v) is 3.19. The first-order valence-electron chi connectivity index (χ1n) is 6.80. The Kier molecular flexibility index (Phi) is 2.89. The zero-order chi connectivity index (χ0) is 12.7. The maximum atomic E-state index is 11.9. The number of carbonyl (C=O) groups is 1. The number of anilines is 1. The molecule has 1 amide bonds. The molecule has 0 aliphatic heterocycles. The predicted molar refractivity (Wildman–Crippen MR) is 73.4 cm³/mol. The lowest BCUT2D eigenvalue weighted by molar-refractivity contribution is -0.114. The van der Waals surface area contributed by atoms with Crippen molar-refractivity contribution in [1.29, 1.82) is 0 Å². The van der Waals surface area contributed by atoms with E-state index in [1.54, 1.807) is 6.92 Å². The average Bonchev–Trinajstić information content (AvgIpc) is 2.95. The van der Waals surface area contributed by atoms with Crippen LogP contribution >= 0.6 is 0 Å². The summed E-state index contributed by atoms with van der Waals surface area (Å²) < 4.78 is 0. The summed E-state index contributed by atoms with van der Waals surface area (Å²) in [5, 5.41) is 3.10. The molecule has 0 saturated carbocycles. The summed E-state index contributed by atoms with van der Waals surface area (Å²) in [6, 6.07) is 2.38. The quantitative estimate of drug-likeness (QED) is 0.847. The van der Waals surface area contributed by atoms with Gasteiger partial charge in [-0.2, -0.15) is 0 Å². The van der Waals surface area contributed by atoms with Crippen LogP contribution < -0.4 is 5.32 Å². The summed E-state index contributed by atoms with van der Waals surface area (Å²) in [7, 11) is 0. The highest BCUT2D eigenvalue weighted by Crippen LogP contribution is 2.38. The molecule has 0 fully saturated rings. The molecular weight excluding hydrogens is 222 g/mol. The van der Waals surface area contributed by atoms with E-state index < -0.39 is 0 Å². The van der Waals surface area contributed by atoms with Gasteiger partial charge in [-0.15, -0.1) is 0 Å². The van der Waals surface area contributed by atoms with E-state index >= 15 is 0 Å². The van der Waals surface area contributed by atoms with Gasteiger partial charge in [0.25, 0.3) is 0 Å². The third kappa shape index (κ3) is 1.84. The van der Waals surface area contributed by atoms with Crippen molar-refractivity contribution in [2.75, 3.05) is 5.32 Å². The van der Waals surface area contributed by atoms with Crippen molar-refractivity contribution in [3.8, 4) is 0 Å². The Morgan fingerprint density at radius 3 is 2.17 bits per heavy atom. The van der Waals surface area contributed by atoms with Gasteiger partial charge in [-0.3, -0.25) is 4.79 Å². The highest BCUT2D eigenvalue weighted by Gasteiger charge is 2.25. The summed E-state index contributed by atoms with van der Waals surface area (Å²) >= 11 is 0. The van der Waals surface area contributed by atoms with Gasteiger partial charge in [0.2, 0.25) is 5.91 Å². The van der Waals surface area contributed by atoms with Gasteiger partial charge in [0.1, 0.15) is 0 Å². The Balaban J connectivity index is 2.04. The van der Waals surface area contributed by atoms with Gasteiger partial charge in [-0.25, -0.2) is 0 Å². The first-order chi connectivity index (χ1) is 8.66. The molecule has 0 spiro atoms. The Labute approximate surface area is 109 Å². The minimum absolute atomic E-state index is 0.0376. The van der Waals surface area contributed by atoms with E-state index in [-0.39, 0.29) is 5.91 Å². The van der Waals surface area contributed by atoms with Gasteiger partial charge in [-0.1, -0.05) is 6.07 Å². The van der Waals surface area contributed by atoms with Crippen LogP contribution in [0, 0.1) is 12.8 Å². The van der Waals surface area contributed by atoms with Gasteiger partial charge >= 0.3 is 0 Å². The fraction of sp³-hybridized carbons (Fsp3) is 0.438. The van der Waals surface area contributed by atoms with Crippen LogP contribution in [0.3, 0.4) is 0 Å². The monoisotopic (exact) mass is 241 g/mol. The zero-order valence-electron chi connectivity index (χ0n) is 10.9. The summed E-state index contributed by atoms with van der Waals surface area (Å²) in [6.07, 6.45) is 6.97. The van der Waals surface area contributed by atoms with E-state index in [1.807, 2.05) is 0 Å². The Bertz CT molecular complexity index is 470. The van der Waals surface area contributed by atoms with Gasteiger partial charge in [0.05, 0.1) is 5.92 Å². The van der Waals surface area contributed by atoms with Crippen LogP contribution in [0.25, 0.3) is 0 Å². The van der Waals surface area contributed by atoms with E-state index in [9.17, 15) is 4.79 Å². The number of benzene rings is 1. The third-order valence-corrected chi connectivity index (χ3v) is 4.10. The number of hydrogen-bond acceptors (Lipinski definition) is 1. The molecule has 3 rings (SSSR count). The molecular formula is C16H19NO. The molecule has 18 heavy (non-hydrogen) atoms. The van der Waals surface area contributed by atoms with E-state index in [0.29, 0.717) is 5.92 Å². The minimum Gasteiger partial charge on any atom is -0.325 e. The second-order valence-electron chi connectivity index (χ2n) is 5.47. The number of aryl methyl sites for hydroxylation is 2. The largest absolute Gasteiger partial charge is 0.325 e. The van der Waals surface area contributed by atoms with Crippen molar-refractivity contribution < 1.29 is 4.79 Å². The zero-order valence-corrected chi connectivity index (χ0v) is 10.9. The number of amides is 1. The SMILES string of the molecule is [CH2][C](C)C(=O)Nc1c2c(cc3c1CCC3)CCC2. The fourth-order valence-electron chi connectivity index (χ4n) is 3.19. The van der Waals surface area contributed by atoms with Crippen LogP contribution in [0.15, 0.2) is 6.07 Å². The number of rotatable bonds is 2. The predicted octanol–water partition coefficient (Wildman–Crippen LogP) is 3.03. The lowest BCUT2D eigenvalue weighted by atomic mass is 9.98. The van der Waals surface area contributed by atoms with Crippen LogP contribution in [0.1, 0.15) is 42.0 Å². The molecule has 2 heteroatoms. The first-order valence-corrected chi connectivity index (χ1v) is 6.80. The summed E-state index contributed by atoms with van der Waals surface area (Å²) in [5.41, 5.74) is 6.78. The highest BCUT2D eigenvalue weighted by molar-refractivity contribution is 6.02. The maximum Gasteiger partial charge on any atom is 0.231 e. The molecule has 0 aromatic heterocycles. The van der Waals surface area contributed by atoms with Gasteiger partial charge in [-0.05, 0) is 74.6 Å². The van der Waals surface area contributed by atoms with Crippen molar-refractivity contribution in [3.63, 3.8) is 0 Å². The lowest BCUT2D eigenvalue weighted by Gasteiger charge is -2.17. The van der Waals surface area contributed by atoms with Gasteiger partial charge < -0.3 is 5.32 Å². The van der Waals surface area contributed by atoms with Crippen molar-refractivity contribution in [2.24, 2.45) is 0 Å². The van der Waals surface area contributed by atoms with Crippen molar-refractivity contribution >= 4 is 11.6 Å². The topological polar surface area (TPSA) is 29.1 Å². The normalized spacial score (nSPS) is 16.8. The molecule has 0 heterocycles. The maximum absolute atomic E-state index is 11.9. The molecule has 0 saturated heterocycles. The standard InChI is InChI=1S/C16H19NO/c1-10(2)16(18)17-15-13-7-3-5-11(13)9-12-6-4-8-14(12)15/h9H,1,3-8H2,2H3,(H,17,18). The minimum atomic E-state index is -0.0376. The molecule has 0 unspecified atom stereocenters. The molecule has 2 nitrogen and oxygen atoms in total. The number of nitrogens with one attached hydrogen (secondary N) is 1. The van der Waals surface area contributed by atoms with E-state index in [0.717, 1.165) is 18.5 Å². The summed E-state index contributed by atoms with van der Waals surface area (Å²) in [6.45, 7) is 5.49. The molecule has 0 atom stereocenters. The second kappa shape index (κ2) is 4.42. The van der Waals surface area contributed by atoms with E-state index in [2.05, 4.69) is 18.3 Å².